The molecule has 40 heavy (non-hydrogen) atoms. The minimum absolute atomic E-state index is 0.398. The van der Waals surface area contributed by atoms with Gasteiger partial charge in [-0.2, -0.15) is 0 Å². The highest BCUT2D eigenvalue weighted by Crippen LogP contribution is 2.68. The van der Waals surface area contributed by atoms with Crippen LogP contribution in [0.4, 0.5) is 0 Å². The topological polar surface area (TPSA) is 38.7 Å². The number of hydrogen-bond donors (Lipinski definition) is 0. The van der Waals surface area contributed by atoms with Gasteiger partial charge in [0, 0.05) is 23.2 Å². The molecule has 0 amide bonds. The third kappa shape index (κ3) is 3.78. The Morgan fingerprint density at radius 2 is 1.02 bits per heavy atom. The zero-order valence-corrected chi connectivity index (χ0v) is 25.5. The van der Waals surface area contributed by atoms with Gasteiger partial charge in [-0.3, -0.25) is 9.97 Å². The molecule has 2 saturated carbocycles. The summed E-state index contributed by atoms with van der Waals surface area (Å²) in [7, 11) is 0. The normalized spacial score (nSPS) is 30.1. The number of rotatable bonds is 8. The summed E-state index contributed by atoms with van der Waals surface area (Å²) in [5.74, 6) is 3.99. The van der Waals surface area contributed by atoms with E-state index in [0.29, 0.717) is 34.5 Å². The minimum Gasteiger partial charge on any atom is -0.251 e. The fourth-order valence-corrected chi connectivity index (χ4v) is 9.40. The van der Waals surface area contributed by atoms with E-state index < -0.39 is 0 Å². The van der Waals surface area contributed by atoms with E-state index in [9.17, 15) is 0 Å². The van der Waals surface area contributed by atoms with Crippen molar-refractivity contribution in [1.82, 2.24) is 15.0 Å². The summed E-state index contributed by atoms with van der Waals surface area (Å²) < 4.78 is 0. The van der Waals surface area contributed by atoms with Crippen LogP contribution < -0.4 is 0 Å². The summed E-state index contributed by atoms with van der Waals surface area (Å²) in [5, 5.41) is 0. The molecule has 210 valence electrons. The van der Waals surface area contributed by atoms with E-state index in [1.165, 1.54) is 73.9 Å². The summed E-state index contributed by atoms with van der Waals surface area (Å²) in [5.41, 5.74) is 10.5. The van der Waals surface area contributed by atoms with Crippen LogP contribution in [0.25, 0.3) is 22.8 Å². The van der Waals surface area contributed by atoms with Crippen molar-refractivity contribution < 1.29 is 0 Å². The molecule has 6 aliphatic carbocycles. The molecule has 3 aromatic rings. The molecule has 3 heteroatoms. The van der Waals surface area contributed by atoms with E-state index in [4.69, 9.17) is 15.0 Å². The molecule has 0 N–H and O–H groups in total. The quantitative estimate of drug-likeness (QED) is 0.289. The molecule has 0 radical (unpaired) electrons. The van der Waals surface area contributed by atoms with Crippen LogP contribution in [0.15, 0.2) is 42.5 Å². The monoisotopic (exact) mass is 533 g/mol. The number of unbranched alkanes of at least 4 members (excludes halogenated alkanes) is 2. The Balaban J connectivity index is 1.23. The van der Waals surface area contributed by atoms with Crippen LogP contribution in [-0.2, 0) is 0 Å². The molecular weight excluding hydrogens is 486 g/mol. The molecule has 6 aliphatic rings. The first-order chi connectivity index (χ1) is 19.3. The minimum atomic E-state index is 0.398. The van der Waals surface area contributed by atoms with Gasteiger partial charge in [0.25, 0.3) is 0 Å². The van der Waals surface area contributed by atoms with E-state index in [1.807, 2.05) is 0 Å². The maximum Gasteiger partial charge on any atom is 0.0894 e. The van der Waals surface area contributed by atoms with Crippen molar-refractivity contribution in [3.05, 3.63) is 65.0 Å². The maximum absolute atomic E-state index is 5.36. The molecule has 3 nitrogen and oxygen atoms in total. The van der Waals surface area contributed by atoms with Gasteiger partial charge in [-0.1, -0.05) is 85.4 Å². The maximum atomic E-state index is 5.36. The Morgan fingerprint density at radius 1 is 0.600 bits per heavy atom. The number of aromatic nitrogens is 3. The molecule has 3 aromatic heterocycles. The van der Waals surface area contributed by atoms with Gasteiger partial charge in [-0.15, -0.1) is 0 Å². The van der Waals surface area contributed by atoms with Crippen LogP contribution in [0, 0.1) is 22.7 Å². The smallest absolute Gasteiger partial charge is 0.0894 e. The predicted octanol–water partition coefficient (Wildman–Crippen LogP) is 10.0. The second-order valence-electron chi connectivity index (χ2n) is 14.7. The number of pyridine rings is 3. The Bertz CT molecular complexity index is 1330. The van der Waals surface area contributed by atoms with Gasteiger partial charge >= 0.3 is 0 Å². The molecule has 6 atom stereocenters. The molecule has 9 rings (SSSR count). The van der Waals surface area contributed by atoms with E-state index >= 15 is 0 Å². The predicted molar refractivity (Wildman–Crippen MR) is 164 cm³/mol. The van der Waals surface area contributed by atoms with Crippen molar-refractivity contribution >= 4 is 0 Å². The molecule has 0 spiro atoms. The fraction of sp³-hybridized carbons (Fsp3) is 0.595. The van der Waals surface area contributed by atoms with Crippen LogP contribution in [0.1, 0.15) is 139 Å². The number of nitrogens with zero attached hydrogens (tertiary/aromatic N) is 3. The van der Waals surface area contributed by atoms with Crippen LogP contribution in [0.5, 0.6) is 0 Å². The first-order valence-corrected chi connectivity index (χ1v) is 16.2. The first-order valence-electron chi connectivity index (χ1n) is 16.2. The van der Waals surface area contributed by atoms with Gasteiger partial charge in [0.15, 0.2) is 0 Å². The third-order valence-corrected chi connectivity index (χ3v) is 12.0. The van der Waals surface area contributed by atoms with Crippen LogP contribution >= 0.6 is 0 Å². The molecule has 0 aliphatic heterocycles. The van der Waals surface area contributed by atoms with Crippen molar-refractivity contribution in [2.45, 2.75) is 117 Å². The van der Waals surface area contributed by atoms with Crippen LogP contribution in [0.3, 0.4) is 0 Å². The van der Waals surface area contributed by atoms with Crippen molar-refractivity contribution in [1.29, 1.82) is 0 Å². The standard InChI is InChI=1S/C37H47N3/c1-7-9-12-22-26-20-28(36(26,3)4)24-16-18-32(39-34(22)24)30-14-11-15-31(38-30)33-19-17-25-29-21-27(37(29,5)6)23(13-10-8-2)35(25)40-33/h11,14-19,22-23,26-29H,7-10,12-13,20-21H2,1-6H3/t22-,23-,26+,27+,28-,29-/m0/s1. The van der Waals surface area contributed by atoms with E-state index in [0.717, 1.165) is 34.6 Å². The molecule has 4 bridgehead atoms. The molecule has 2 fully saturated rings. The SMILES string of the molecule is CCCC[C@@H]1c2nc(-c3cccc(-c4ccc5c(n4)[C@@H](CCCC)[C@H]4C[C@@H]5C4(C)C)n3)ccc2[C@@H]2C[C@H]1C2(C)C. The van der Waals surface area contributed by atoms with Crippen molar-refractivity contribution in [3.8, 4) is 22.8 Å². The highest BCUT2D eigenvalue weighted by molar-refractivity contribution is 5.63. The summed E-state index contributed by atoms with van der Waals surface area (Å²) in [4.78, 5) is 15.9. The average Bonchev–Trinajstić information content (AvgIpc) is 2.97. The second-order valence-corrected chi connectivity index (χ2v) is 14.7. The number of hydrogen-bond acceptors (Lipinski definition) is 3. The molecular formula is C37H47N3. The third-order valence-electron chi connectivity index (χ3n) is 12.0. The zero-order valence-electron chi connectivity index (χ0n) is 25.5. The second kappa shape index (κ2) is 9.50. The summed E-state index contributed by atoms with van der Waals surface area (Å²) in [6.45, 7) is 14.5. The van der Waals surface area contributed by atoms with E-state index in [2.05, 4.69) is 84.0 Å². The lowest BCUT2D eigenvalue weighted by atomic mass is 9.44. The van der Waals surface area contributed by atoms with E-state index in [1.54, 1.807) is 0 Å². The highest BCUT2D eigenvalue weighted by Gasteiger charge is 2.58. The van der Waals surface area contributed by atoms with Crippen LogP contribution in [0.2, 0.25) is 0 Å². The van der Waals surface area contributed by atoms with Gasteiger partial charge in [-0.25, -0.2) is 4.98 Å². The average molecular weight is 534 g/mol. The molecule has 0 aromatic carbocycles. The summed E-state index contributed by atoms with van der Waals surface area (Å²) >= 11 is 0. The van der Waals surface area contributed by atoms with E-state index in [-0.39, 0.29) is 0 Å². The van der Waals surface area contributed by atoms with Crippen molar-refractivity contribution in [2.75, 3.05) is 0 Å². The fourth-order valence-electron chi connectivity index (χ4n) is 9.40. The molecule has 0 unspecified atom stereocenters. The Kier molecular flexibility index (Phi) is 6.26. The Labute approximate surface area is 241 Å². The molecule has 3 heterocycles. The summed E-state index contributed by atoms with van der Waals surface area (Å²) in [6.07, 6.45) is 10.2. The van der Waals surface area contributed by atoms with Gasteiger partial charge < -0.3 is 0 Å². The van der Waals surface area contributed by atoms with Gasteiger partial charge in [0.2, 0.25) is 0 Å². The van der Waals surface area contributed by atoms with Gasteiger partial charge in [-0.05, 0) is 95.6 Å². The first kappa shape index (κ1) is 26.4. The van der Waals surface area contributed by atoms with Gasteiger partial charge in [0.05, 0.1) is 22.8 Å². The van der Waals surface area contributed by atoms with Gasteiger partial charge in [0.1, 0.15) is 0 Å². The molecule has 0 saturated heterocycles. The zero-order chi connectivity index (χ0) is 27.8. The summed E-state index contributed by atoms with van der Waals surface area (Å²) in [6, 6.07) is 15.6. The van der Waals surface area contributed by atoms with Crippen LogP contribution in [-0.4, -0.2) is 15.0 Å². The lowest BCUT2D eigenvalue weighted by molar-refractivity contribution is -0.0102. The Hall–Kier alpha value is -2.55. The van der Waals surface area contributed by atoms with Crippen molar-refractivity contribution in [2.24, 2.45) is 22.7 Å². The largest absolute Gasteiger partial charge is 0.251 e. The Morgan fingerprint density at radius 3 is 1.43 bits per heavy atom. The van der Waals surface area contributed by atoms with Crippen molar-refractivity contribution in [3.63, 3.8) is 0 Å². The lowest BCUT2D eigenvalue weighted by Gasteiger charge is -2.60. The highest BCUT2D eigenvalue weighted by atomic mass is 14.9. The lowest BCUT2D eigenvalue weighted by Crippen LogP contribution is -2.50.